The number of ether oxygens (including phenoxy) is 5. The van der Waals surface area contributed by atoms with Gasteiger partial charge in [0.1, 0.15) is 0 Å². The molecule has 0 saturated carbocycles. The minimum absolute atomic E-state index is 1.04. The van der Waals surface area contributed by atoms with Gasteiger partial charge in [0, 0.05) is 0 Å². The third-order valence-corrected chi connectivity index (χ3v) is 4.05. The highest BCUT2D eigenvalue weighted by Gasteiger charge is 2.61. The lowest BCUT2D eigenvalue weighted by molar-refractivity contribution is -0.427. The number of esters is 3. The largest absolute Gasteiger partial charge is 0.454 e. The molecule has 0 aromatic carbocycles. The maximum Gasteiger partial charge on any atom is 0.452 e. The van der Waals surface area contributed by atoms with Crippen molar-refractivity contribution in [2.75, 3.05) is 33.0 Å². The van der Waals surface area contributed by atoms with Crippen LogP contribution in [-0.4, -0.2) is 87.0 Å². The van der Waals surface area contributed by atoms with Crippen molar-refractivity contribution in [1.82, 2.24) is 0 Å². The van der Waals surface area contributed by atoms with Crippen LogP contribution in [0.5, 0.6) is 0 Å². The number of halogens is 16. The van der Waals surface area contributed by atoms with Crippen molar-refractivity contribution in [2.45, 2.75) is 42.5 Å². The molecule has 0 aliphatic heterocycles. The average Bonchev–Trinajstić information content (AvgIpc) is 2.92. The topological polar surface area (TPSA) is 107 Å². The molecule has 0 spiro atoms. The summed E-state index contributed by atoms with van der Waals surface area (Å²) in [6.07, 6.45) is -17.2. The van der Waals surface area contributed by atoms with E-state index in [1.54, 1.807) is 4.94 Å². The van der Waals surface area contributed by atoms with Crippen molar-refractivity contribution in [3.63, 3.8) is 0 Å². The van der Waals surface area contributed by atoms with Gasteiger partial charge in [-0.2, -0.15) is 65.9 Å². The van der Waals surface area contributed by atoms with Crippen LogP contribution < -0.4 is 0 Å². The fraction of sp³-hybridized carbons (Fsp3) is 0.571. The molecular weight excluding hydrogens is 700 g/mol. The number of rotatable bonds is 19. The molecule has 0 aromatic rings. The lowest BCUT2D eigenvalue weighted by atomic mass is 10.3. The molecule has 25 heteroatoms. The molecule has 0 aromatic heterocycles. The highest BCUT2D eigenvalue weighted by Crippen LogP contribution is 2.38. The Labute approximate surface area is 245 Å². The van der Waals surface area contributed by atoms with E-state index in [1.165, 1.54) is 0 Å². The van der Waals surface area contributed by atoms with E-state index < -0.39 is 111 Å². The summed E-state index contributed by atoms with van der Waals surface area (Å²) in [6.45, 7) is -2.64. The molecule has 0 aliphatic rings. The molecule has 268 valence electrons. The summed E-state index contributed by atoms with van der Waals surface area (Å²) >= 11 is 0. The van der Waals surface area contributed by atoms with Gasteiger partial charge in [0.2, 0.25) is 17.5 Å². The van der Waals surface area contributed by atoms with Crippen molar-refractivity contribution >= 4 is 17.9 Å². The van der Waals surface area contributed by atoms with E-state index in [1.807, 2.05) is 0 Å². The highest BCUT2D eigenvalue weighted by molar-refractivity contribution is 5.85. The van der Waals surface area contributed by atoms with Crippen molar-refractivity contribution in [2.24, 2.45) is 0 Å². The summed E-state index contributed by atoms with van der Waals surface area (Å²) in [5.74, 6) is -27.0. The predicted molar refractivity (Wildman–Crippen MR) is 112 cm³/mol. The van der Waals surface area contributed by atoms with E-state index >= 15 is 0 Å². The van der Waals surface area contributed by atoms with E-state index in [-0.39, 0.29) is 0 Å². The molecular formula is C21H18F16O9. The zero-order valence-electron chi connectivity index (χ0n) is 22.1. The number of hydrogen-bond acceptors (Lipinski definition) is 9. The summed E-state index contributed by atoms with van der Waals surface area (Å²) in [6, 6.07) is 0. The van der Waals surface area contributed by atoms with E-state index in [0.29, 0.717) is 0 Å². The Balaban J connectivity index is 0. The van der Waals surface area contributed by atoms with Crippen LogP contribution in [0.25, 0.3) is 0 Å². The second-order valence-corrected chi connectivity index (χ2v) is 7.73. The first-order chi connectivity index (χ1) is 20.5. The van der Waals surface area contributed by atoms with E-state index in [0.717, 1.165) is 0 Å². The molecule has 0 aliphatic carbocycles. The number of carbonyl (C=O) groups is 3. The second kappa shape index (κ2) is 17.3. The number of alkyl halides is 12. The van der Waals surface area contributed by atoms with Crippen LogP contribution >= 0.6 is 0 Å². The molecule has 0 radical (unpaired) electrons. The molecule has 0 amide bonds. The molecule has 0 bridgehead atoms. The normalized spacial score (nSPS) is 12.8. The molecule has 0 unspecified atom stereocenters. The zero-order valence-corrected chi connectivity index (χ0v) is 22.1. The first kappa shape index (κ1) is 44.5. The molecule has 46 heavy (non-hydrogen) atoms. The smallest absolute Gasteiger partial charge is 0.452 e. The fourth-order valence-corrected chi connectivity index (χ4v) is 1.68. The summed E-state index contributed by atoms with van der Waals surface area (Å²) in [4.78, 5) is 33.1. The van der Waals surface area contributed by atoms with Gasteiger partial charge in [0.15, 0.2) is 19.8 Å². The van der Waals surface area contributed by atoms with Gasteiger partial charge < -0.3 is 23.7 Å². The van der Waals surface area contributed by atoms with Crippen LogP contribution in [0.3, 0.4) is 0 Å². The Morgan fingerprint density at radius 1 is 0.478 bits per heavy atom. The third-order valence-electron chi connectivity index (χ3n) is 4.05. The molecule has 0 atom stereocenters. The number of carbonyl (C=O) groups excluding carboxylic acids is 3. The van der Waals surface area contributed by atoms with Crippen LogP contribution in [0, 0.1) is 0 Å². The molecule has 0 fully saturated rings. The van der Waals surface area contributed by atoms with Gasteiger partial charge in [-0.1, -0.05) is 19.7 Å². The monoisotopic (exact) mass is 718 g/mol. The quantitative estimate of drug-likeness (QED) is 0.0518. The summed E-state index contributed by atoms with van der Waals surface area (Å²) in [7, 11) is 0. The summed E-state index contributed by atoms with van der Waals surface area (Å²) in [5.41, 5.74) is 0. The van der Waals surface area contributed by atoms with Crippen LogP contribution in [-0.2, 0) is 43.0 Å². The molecule has 0 rings (SSSR count). The van der Waals surface area contributed by atoms with Crippen molar-refractivity contribution in [3.8, 4) is 0 Å². The lowest BCUT2D eigenvalue weighted by Crippen LogP contribution is -2.47. The Morgan fingerprint density at radius 3 is 0.935 bits per heavy atom. The van der Waals surface area contributed by atoms with Gasteiger partial charge in [0.05, 0.1) is 13.2 Å². The first-order valence-corrected chi connectivity index (χ1v) is 10.9. The molecule has 0 heterocycles. The van der Waals surface area contributed by atoms with E-state index in [4.69, 9.17) is 0 Å². The Kier molecular flexibility index (Phi) is 16.8. The Morgan fingerprint density at radius 2 is 0.717 bits per heavy atom. The van der Waals surface area contributed by atoms with Gasteiger partial charge in [-0.25, -0.2) is 14.4 Å². The van der Waals surface area contributed by atoms with Gasteiger partial charge in [0.25, 0.3) is 0 Å². The van der Waals surface area contributed by atoms with E-state index in [2.05, 4.69) is 43.4 Å². The van der Waals surface area contributed by atoms with Crippen LogP contribution in [0.15, 0.2) is 37.2 Å². The highest BCUT2D eigenvalue weighted by atomic mass is 19.4. The zero-order chi connectivity index (χ0) is 36.9. The minimum atomic E-state index is -5.47. The minimum Gasteiger partial charge on any atom is -0.454 e. The summed E-state index contributed by atoms with van der Waals surface area (Å²) < 4.78 is 219. The van der Waals surface area contributed by atoms with Gasteiger partial charge in [-0.15, -0.1) is 4.94 Å². The summed E-state index contributed by atoms with van der Waals surface area (Å²) in [5, 5.41) is 0. The molecule has 9 nitrogen and oxygen atoms in total. The van der Waals surface area contributed by atoms with Crippen LogP contribution in [0.4, 0.5) is 70.4 Å². The van der Waals surface area contributed by atoms with Gasteiger partial charge in [-0.3, -0.25) is 0 Å². The van der Waals surface area contributed by atoms with Crippen molar-refractivity contribution in [1.29, 1.82) is 0 Å². The molecule has 0 N–H and O–H groups in total. The standard InChI is InChI=1S/C15H14F10O6.C6H4F6O3/c1-8(16)10(26)28-6-12(18,19)14(22,23)30-4-3-5-31-15(24,25)13(20,21)7-29-11(27)9(2)17;1-3(7)4(13)14-2-5(8,9)6(10,11)15-12/h1-7H2;1-2H2. The Bertz CT molecular complexity index is 1040. The fourth-order valence-electron chi connectivity index (χ4n) is 1.68. The maximum absolute atomic E-state index is 13.3. The second-order valence-electron chi connectivity index (χ2n) is 7.73. The SMILES string of the molecule is C=C(F)C(=O)OCC(F)(F)C(F)(F)OCCCOC(F)(F)C(F)(F)COC(=O)C(=C)F.C=C(F)C(=O)OCC(F)(F)C(F)(F)OF. The first-order valence-electron chi connectivity index (χ1n) is 10.9. The van der Waals surface area contributed by atoms with Crippen molar-refractivity contribution in [3.05, 3.63) is 37.2 Å². The van der Waals surface area contributed by atoms with Gasteiger partial charge >= 0.3 is 54.0 Å². The maximum atomic E-state index is 13.3. The average molecular weight is 718 g/mol. The predicted octanol–water partition coefficient (Wildman–Crippen LogP) is 6.06. The molecule has 0 saturated heterocycles. The number of hydrogen-bond donors (Lipinski definition) is 0. The van der Waals surface area contributed by atoms with E-state index in [9.17, 15) is 84.8 Å². The van der Waals surface area contributed by atoms with Crippen molar-refractivity contribution < 1.29 is 113 Å². The van der Waals surface area contributed by atoms with Crippen LogP contribution in [0.2, 0.25) is 0 Å². The Hall–Kier alpha value is -3.61. The van der Waals surface area contributed by atoms with Crippen LogP contribution in [0.1, 0.15) is 6.42 Å². The third kappa shape index (κ3) is 14.2. The van der Waals surface area contributed by atoms with Gasteiger partial charge in [-0.05, 0) is 10.9 Å². The lowest BCUT2D eigenvalue weighted by Gasteiger charge is -2.27.